The highest BCUT2D eigenvalue weighted by atomic mass is 32.1. The fourth-order valence-corrected chi connectivity index (χ4v) is 4.77. The van der Waals surface area contributed by atoms with Gasteiger partial charge in [-0.2, -0.15) is 4.80 Å². The zero-order valence-corrected chi connectivity index (χ0v) is 23.4. The van der Waals surface area contributed by atoms with Crippen molar-refractivity contribution in [3.05, 3.63) is 76.5 Å². The minimum absolute atomic E-state index is 0.190. The molecule has 0 spiro atoms. The summed E-state index contributed by atoms with van der Waals surface area (Å²) in [4.78, 5) is 31.0. The van der Waals surface area contributed by atoms with Gasteiger partial charge in [0.1, 0.15) is 24.1 Å². The molecule has 0 saturated carbocycles. The van der Waals surface area contributed by atoms with Gasteiger partial charge in [-0.25, -0.2) is 0 Å². The van der Waals surface area contributed by atoms with Gasteiger partial charge in [-0.3, -0.25) is 9.59 Å². The van der Waals surface area contributed by atoms with E-state index in [1.807, 2.05) is 74.7 Å². The Kier molecular flexibility index (Phi) is 8.60. The number of amides is 2. The monoisotopic (exact) mass is 548 g/mol. The van der Waals surface area contributed by atoms with Gasteiger partial charge in [-0.05, 0) is 79.4 Å². The number of methoxy groups -OCH3 is 2. The van der Waals surface area contributed by atoms with Crippen LogP contribution >= 0.6 is 11.3 Å². The lowest BCUT2D eigenvalue weighted by Gasteiger charge is -2.33. The van der Waals surface area contributed by atoms with Crippen LogP contribution in [0.2, 0.25) is 0 Å². The molecule has 10 nitrogen and oxygen atoms in total. The Morgan fingerprint density at radius 2 is 1.64 bits per heavy atom. The van der Waals surface area contributed by atoms with Gasteiger partial charge in [0.25, 0.3) is 0 Å². The molecule has 4 aromatic rings. The van der Waals surface area contributed by atoms with Gasteiger partial charge >= 0.3 is 0 Å². The van der Waals surface area contributed by atoms with Gasteiger partial charge in [-0.15, -0.1) is 21.5 Å². The summed E-state index contributed by atoms with van der Waals surface area (Å²) in [6.45, 7) is 5.73. The Bertz CT molecular complexity index is 1380. The van der Waals surface area contributed by atoms with E-state index in [1.54, 1.807) is 31.3 Å². The third kappa shape index (κ3) is 7.20. The van der Waals surface area contributed by atoms with E-state index in [-0.39, 0.29) is 24.9 Å². The van der Waals surface area contributed by atoms with Gasteiger partial charge < -0.3 is 19.7 Å². The first-order valence-corrected chi connectivity index (χ1v) is 13.2. The third-order valence-electron chi connectivity index (χ3n) is 5.78. The van der Waals surface area contributed by atoms with Crippen molar-refractivity contribution in [2.45, 2.75) is 45.4 Å². The predicted molar refractivity (Wildman–Crippen MR) is 148 cm³/mol. The Labute approximate surface area is 231 Å². The normalized spacial score (nSPS) is 12.0. The van der Waals surface area contributed by atoms with Crippen LogP contribution in [-0.4, -0.2) is 56.7 Å². The smallest absolute Gasteiger partial charge is 0.248 e. The molecule has 0 radical (unpaired) electrons. The highest BCUT2D eigenvalue weighted by Gasteiger charge is 2.34. The molecular formula is C28H32N6O4S. The Morgan fingerprint density at radius 3 is 2.21 bits per heavy atom. The first-order chi connectivity index (χ1) is 18.7. The molecule has 204 valence electrons. The first kappa shape index (κ1) is 27.8. The van der Waals surface area contributed by atoms with Crippen molar-refractivity contribution in [3.63, 3.8) is 0 Å². The maximum Gasteiger partial charge on any atom is 0.248 e. The van der Waals surface area contributed by atoms with Crippen LogP contribution in [-0.2, 0) is 22.7 Å². The van der Waals surface area contributed by atoms with Crippen molar-refractivity contribution < 1.29 is 19.1 Å². The van der Waals surface area contributed by atoms with Crippen LogP contribution in [0.1, 0.15) is 37.3 Å². The van der Waals surface area contributed by atoms with Crippen molar-refractivity contribution in [2.75, 3.05) is 14.2 Å². The molecule has 0 fully saturated rings. The Morgan fingerprint density at radius 1 is 1.00 bits per heavy atom. The van der Waals surface area contributed by atoms with E-state index in [0.29, 0.717) is 17.3 Å². The number of hydrogen-bond acceptors (Lipinski definition) is 8. The van der Waals surface area contributed by atoms with Crippen molar-refractivity contribution in [2.24, 2.45) is 0 Å². The van der Waals surface area contributed by atoms with Crippen LogP contribution in [0.3, 0.4) is 0 Å². The summed E-state index contributed by atoms with van der Waals surface area (Å²) in [6.07, 6.45) is 0. The lowest BCUT2D eigenvalue weighted by atomic mass is 10.1. The van der Waals surface area contributed by atoms with Crippen LogP contribution < -0.4 is 14.8 Å². The molecule has 4 rings (SSSR count). The maximum absolute atomic E-state index is 13.9. The van der Waals surface area contributed by atoms with E-state index < -0.39 is 11.6 Å². The summed E-state index contributed by atoms with van der Waals surface area (Å²) in [7, 11) is 3.19. The highest BCUT2D eigenvalue weighted by molar-refractivity contribution is 7.10. The molecule has 11 heteroatoms. The molecule has 2 heterocycles. The summed E-state index contributed by atoms with van der Waals surface area (Å²) in [5.41, 5.74) is 1.10. The number of carbonyl (C=O) groups excluding carboxylic acids is 2. The largest absolute Gasteiger partial charge is 0.497 e. The van der Waals surface area contributed by atoms with Gasteiger partial charge in [0, 0.05) is 22.5 Å². The summed E-state index contributed by atoms with van der Waals surface area (Å²) in [6, 6.07) is 17.5. The van der Waals surface area contributed by atoms with Crippen LogP contribution in [0.15, 0.2) is 66.0 Å². The van der Waals surface area contributed by atoms with Gasteiger partial charge in [0.05, 0.1) is 14.2 Å². The number of ether oxygens (including phenoxy) is 2. The minimum Gasteiger partial charge on any atom is -0.497 e. The Hall–Kier alpha value is -4.25. The molecule has 0 saturated heterocycles. The second-order valence-corrected chi connectivity index (χ2v) is 10.9. The summed E-state index contributed by atoms with van der Waals surface area (Å²) in [5, 5.41) is 17.5. The van der Waals surface area contributed by atoms with E-state index in [1.165, 1.54) is 16.1 Å². The molecule has 0 bridgehead atoms. The van der Waals surface area contributed by atoms with Crippen molar-refractivity contribution in [1.29, 1.82) is 0 Å². The summed E-state index contributed by atoms with van der Waals surface area (Å²) >= 11 is 1.42. The van der Waals surface area contributed by atoms with E-state index in [0.717, 1.165) is 16.0 Å². The average Bonchev–Trinajstić information content (AvgIpc) is 3.60. The molecule has 39 heavy (non-hydrogen) atoms. The molecular weight excluding hydrogens is 516 g/mol. The lowest BCUT2D eigenvalue weighted by Crippen LogP contribution is -2.49. The summed E-state index contributed by atoms with van der Waals surface area (Å²) in [5.74, 6) is 1.20. The quantitative estimate of drug-likeness (QED) is 0.318. The second kappa shape index (κ2) is 12.1. The van der Waals surface area contributed by atoms with Crippen LogP contribution in [0.4, 0.5) is 0 Å². The SMILES string of the molecule is COc1ccc(CN(C(=O)Cn2nnc(-c3ccc(OC)cc3)n2)C(C(=O)NC(C)(C)C)c2cccs2)cc1. The van der Waals surface area contributed by atoms with Crippen molar-refractivity contribution in [3.8, 4) is 22.9 Å². The van der Waals surface area contributed by atoms with Crippen molar-refractivity contribution >= 4 is 23.2 Å². The third-order valence-corrected chi connectivity index (χ3v) is 6.71. The molecule has 0 aliphatic rings. The van der Waals surface area contributed by atoms with Gasteiger partial charge in [0.15, 0.2) is 0 Å². The Balaban J connectivity index is 1.64. The van der Waals surface area contributed by atoms with E-state index in [4.69, 9.17) is 9.47 Å². The van der Waals surface area contributed by atoms with Crippen LogP contribution in [0.5, 0.6) is 11.5 Å². The zero-order valence-electron chi connectivity index (χ0n) is 22.6. The number of nitrogens with one attached hydrogen (secondary N) is 1. The molecule has 2 amide bonds. The highest BCUT2D eigenvalue weighted by Crippen LogP contribution is 2.29. The van der Waals surface area contributed by atoms with Gasteiger partial charge in [0.2, 0.25) is 17.6 Å². The fraction of sp³-hybridized carbons (Fsp3) is 0.321. The summed E-state index contributed by atoms with van der Waals surface area (Å²) < 4.78 is 10.5. The predicted octanol–water partition coefficient (Wildman–Crippen LogP) is 4.10. The maximum atomic E-state index is 13.9. The van der Waals surface area contributed by atoms with Crippen LogP contribution in [0, 0.1) is 0 Å². The number of benzene rings is 2. The minimum atomic E-state index is -0.844. The first-order valence-electron chi connectivity index (χ1n) is 12.4. The number of thiophene rings is 1. The van der Waals surface area contributed by atoms with Crippen molar-refractivity contribution in [1.82, 2.24) is 30.4 Å². The van der Waals surface area contributed by atoms with E-state index in [9.17, 15) is 9.59 Å². The molecule has 1 unspecified atom stereocenters. The standard InChI is InChI=1S/C28H32N6O4S/c1-28(2,3)29-27(36)25(23-7-6-16-39-23)33(17-19-8-12-21(37-4)13-9-19)24(35)18-34-31-26(30-32-34)20-10-14-22(38-5)15-11-20/h6-16,25H,17-18H2,1-5H3,(H,29,36). The van der Waals surface area contributed by atoms with E-state index >= 15 is 0 Å². The number of rotatable bonds is 10. The van der Waals surface area contributed by atoms with Crippen LogP contribution in [0.25, 0.3) is 11.4 Å². The average molecular weight is 549 g/mol. The number of aromatic nitrogens is 4. The molecule has 0 aliphatic carbocycles. The van der Waals surface area contributed by atoms with Gasteiger partial charge in [-0.1, -0.05) is 18.2 Å². The molecule has 0 aliphatic heterocycles. The molecule has 2 aromatic heterocycles. The zero-order chi connectivity index (χ0) is 28.0. The lowest BCUT2D eigenvalue weighted by molar-refractivity contribution is -0.143. The second-order valence-electron chi connectivity index (χ2n) is 9.90. The molecule has 1 atom stereocenters. The topological polar surface area (TPSA) is 111 Å². The number of carbonyl (C=O) groups is 2. The number of nitrogens with zero attached hydrogens (tertiary/aromatic N) is 5. The molecule has 2 aromatic carbocycles. The fourth-order valence-electron chi connectivity index (χ4n) is 3.94. The number of hydrogen-bond donors (Lipinski definition) is 1. The van der Waals surface area contributed by atoms with E-state index in [2.05, 4.69) is 20.7 Å². The molecule has 1 N–H and O–H groups in total. The number of tetrazole rings is 1.